The van der Waals surface area contributed by atoms with E-state index in [0.717, 1.165) is 6.07 Å². The van der Waals surface area contributed by atoms with Gasteiger partial charge < -0.3 is 20.3 Å². The minimum Gasteiger partial charge on any atom is -0.480 e. The molecule has 3 aromatic carbocycles. The number of carboxylic acid groups (broad SMARTS) is 1. The molecule has 0 saturated heterocycles. The zero-order chi connectivity index (χ0) is 24.1. The minimum absolute atomic E-state index is 0.146. The van der Waals surface area contributed by atoms with E-state index in [-0.39, 0.29) is 11.3 Å². The Hall–Kier alpha value is -2.84. The first-order valence-corrected chi connectivity index (χ1v) is 10.6. The van der Waals surface area contributed by atoms with Gasteiger partial charge in [-0.15, -0.1) is 0 Å². The predicted molar refractivity (Wildman–Crippen MR) is 123 cm³/mol. The second kappa shape index (κ2) is 10.9. The molecule has 33 heavy (non-hydrogen) atoms. The van der Waals surface area contributed by atoms with Crippen LogP contribution in [-0.4, -0.2) is 34.7 Å². The molecule has 0 aliphatic rings. The van der Waals surface area contributed by atoms with Gasteiger partial charge in [0.05, 0.1) is 6.61 Å². The van der Waals surface area contributed by atoms with Gasteiger partial charge in [0.25, 0.3) is 5.91 Å². The molecule has 0 aliphatic carbocycles. The van der Waals surface area contributed by atoms with E-state index in [0.29, 0.717) is 26.2 Å². The van der Waals surface area contributed by atoms with Crippen molar-refractivity contribution >= 4 is 46.7 Å². The number of benzene rings is 3. The fourth-order valence-corrected chi connectivity index (χ4v) is 3.59. The van der Waals surface area contributed by atoms with Gasteiger partial charge in [0.15, 0.2) is 23.7 Å². The van der Waals surface area contributed by atoms with Crippen molar-refractivity contribution in [3.63, 3.8) is 0 Å². The molecule has 0 heterocycles. The molecule has 172 valence electrons. The Kier molecular flexibility index (Phi) is 8.15. The maximum Gasteiger partial charge on any atom is 0.328 e. The van der Waals surface area contributed by atoms with E-state index in [9.17, 15) is 14.0 Å². The molecule has 0 aromatic heterocycles. The molecule has 0 saturated carbocycles. The van der Waals surface area contributed by atoms with Crippen molar-refractivity contribution in [3.8, 4) is 5.75 Å². The second-order valence-corrected chi connectivity index (χ2v) is 8.19. The molecule has 6 nitrogen and oxygen atoms in total. The summed E-state index contributed by atoms with van der Waals surface area (Å²) >= 11 is 18.3. The lowest BCUT2D eigenvalue weighted by atomic mass is 10.0. The normalized spacial score (nSPS) is 12.6. The number of rotatable bonds is 8. The number of ether oxygens (including phenoxy) is 1. The molecule has 3 rings (SSSR count). The van der Waals surface area contributed by atoms with Crippen LogP contribution in [0.4, 0.5) is 4.39 Å². The molecule has 0 spiro atoms. The number of aliphatic hydroxyl groups excluding tert-OH is 1. The summed E-state index contributed by atoms with van der Waals surface area (Å²) in [4.78, 5) is 23.2. The summed E-state index contributed by atoms with van der Waals surface area (Å²) < 4.78 is 20.8. The van der Waals surface area contributed by atoms with Crippen LogP contribution in [0.5, 0.6) is 5.75 Å². The Morgan fingerprint density at radius 2 is 1.64 bits per heavy atom. The van der Waals surface area contributed by atoms with E-state index < -0.39 is 36.4 Å². The highest BCUT2D eigenvalue weighted by Gasteiger charge is 2.23. The zero-order valence-corrected chi connectivity index (χ0v) is 19.0. The number of aliphatic carboxylic acids is 1. The third kappa shape index (κ3) is 6.15. The quantitative estimate of drug-likeness (QED) is 0.389. The standard InChI is InChI=1S/C23H17Cl3FNO5/c24-14-4-1-12(2-5-14)21(16-7-6-15(25)10-17(16)26)33-20-8-3-13(9-18(20)27)22(30)28-19(11-29)23(31)32/h1-10,19,21,29H,11H2,(H,28,30)(H,31,32). The van der Waals surface area contributed by atoms with Crippen LogP contribution < -0.4 is 10.1 Å². The number of carbonyl (C=O) groups is 2. The minimum atomic E-state index is -1.52. The van der Waals surface area contributed by atoms with E-state index >= 15 is 0 Å². The van der Waals surface area contributed by atoms with Crippen LogP contribution in [0, 0.1) is 5.82 Å². The number of hydrogen-bond acceptors (Lipinski definition) is 4. The van der Waals surface area contributed by atoms with E-state index in [1.807, 2.05) is 0 Å². The average Bonchev–Trinajstić information content (AvgIpc) is 2.77. The lowest BCUT2D eigenvalue weighted by Gasteiger charge is -2.22. The largest absolute Gasteiger partial charge is 0.480 e. The van der Waals surface area contributed by atoms with Gasteiger partial charge in [0.2, 0.25) is 0 Å². The number of carboxylic acids is 1. The van der Waals surface area contributed by atoms with Crippen molar-refractivity contribution in [2.24, 2.45) is 0 Å². The zero-order valence-electron chi connectivity index (χ0n) is 16.8. The van der Waals surface area contributed by atoms with Crippen LogP contribution in [0.1, 0.15) is 27.6 Å². The predicted octanol–water partition coefficient (Wildman–Crippen LogP) is 5.13. The maximum absolute atomic E-state index is 14.9. The summed E-state index contributed by atoms with van der Waals surface area (Å²) in [6.07, 6.45) is -0.827. The molecule has 3 N–H and O–H groups in total. The lowest BCUT2D eigenvalue weighted by Crippen LogP contribution is -2.43. The van der Waals surface area contributed by atoms with Gasteiger partial charge in [0.1, 0.15) is 0 Å². The van der Waals surface area contributed by atoms with E-state index in [1.165, 1.54) is 18.2 Å². The highest BCUT2D eigenvalue weighted by molar-refractivity contribution is 6.35. The number of hydrogen-bond donors (Lipinski definition) is 3. The van der Waals surface area contributed by atoms with Gasteiger partial charge in [-0.1, -0.05) is 53.0 Å². The van der Waals surface area contributed by atoms with E-state index in [1.54, 1.807) is 36.4 Å². The van der Waals surface area contributed by atoms with E-state index in [4.69, 9.17) is 49.8 Å². The molecular formula is C23H17Cl3FNO5. The number of nitrogens with one attached hydrogen (secondary N) is 1. The molecule has 1 amide bonds. The van der Waals surface area contributed by atoms with Crippen LogP contribution in [-0.2, 0) is 4.79 Å². The van der Waals surface area contributed by atoms with Crippen LogP contribution in [0.25, 0.3) is 0 Å². The molecule has 0 bridgehead atoms. The van der Waals surface area contributed by atoms with Gasteiger partial charge in [-0.05, 0) is 48.0 Å². The number of halogens is 4. The molecule has 3 aromatic rings. The molecular weight excluding hydrogens is 496 g/mol. The average molecular weight is 513 g/mol. The summed E-state index contributed by atoms with van der Waals surface area (Å²) in [7, 11) is 0. The lowest BCUT2D eigenvalue weighted by molar-refractivity contribution is -0.140. The second-order valence-electron chi connectivity index (χ2n) is 6.91. The highest BCUT2D eigenvalue weighted by Crippen LogP contribution is 2.35. The van der Waals surface area contributed by atoms with Gasteiger partial charge in [-0.2, -0.15) is 0 Å². The van der Waals surface area contributed by atoms with Crippen LogP contribution in [0.15, 0.2) is 60.7 Å². The topological polar surface area (TPSA) is 95.9 Å². The van der Waals surface area contributed by atoms with Crippen molar-refractivity contribution < 1.29 is 28.9 Å². The Morgan fingerprint density at radius 1 is 0.970 bits per heavy atom. The fourth-order valence-electron chi connectivity index (χ4n) is 2.95. The van der Waals surface area contributed by atoms with Gasteiger partial charge in [-0.25, -0.2) is 9.18 Å². The van der Waals surface area contributed by atoms with Gasteiger partial charge in [0, 0.05) is 26.2 Å². The van der Waals surface area contributed by atoms with Crippen LogP contribution in [0.2, 0.25) is 15.1 Å². The Bertz CT molecular complexity index is 1170. The van der Waals surface area contributed by atoms with Crippen molar-refractivity contribution in [1.29, 1.82) is 0 Å². The molecule has 2 atom stereocenters. The van der Waals surface area contributed by atoms with Crippen LogP contribution in [0.3, 0.4) is 0 Å². The number of carbonyl (C=O) groups excluding carboxylic acids is 1. The summed E-state index contributed by atoms with van der Waals surface area (Å²) in [5.41, 5.74) is 1.01. The first-order valence-electron chi connectivity index (χ1n) is 9.50. The van der Waals surface area contributed by atoms with E-state index in [2.05, 4.69) is 5.32 Å². The maximum atomic E-state index is 14.9. The Morgan fingerprint density at radius 3 is 2.21 bits per heavy atom. The summed E-state index contributed by atoms with van der Waals surface area (Å²) in [5.74, 6) is -3.31. The smallest absolute Gasteiger partial charge is 0.328 e. The van der Waals surface area contributed by atoms with Crippen molar-refractivity contribution in [2.45, 2.75) is 12.1 Å². The first-order chi connectivity index (χ1) is 15.7. The van der Waals surface area contributed by atoms with Crippen molar-refractivity contribution in [1.82, 2.24) is 5.32 Å². The summed E-state index contributed by atoms with van der Waals surface area (Å²) in [6, 6.07) is 13.4. The first kappa shape index (κ1) is 24.8. The monoisotopic (exact) mass is 511 g/mol. The molecule has 0 radical (unpaired) electrons. The van der Waals surface area contributed by atoms with Gasteiger partial charge in [-0.3, -0.25) is 4.79 Å². The number of amides is 1. The molecule has 10 heteroatoms. The third-order valence-electron chi connectivity index (χ3n) is 4.64. The summed E-state index contributed by atoms with van der Waals surface area (Å²) in [5, 5.41) is 21.3. The SMILES string of the molecule is O=C(NC(CO)C(=O)O)c1ccc(OC(c2ccc(Cl)cc2)c2ccc(Cl)cc2Cl)c(F)c1. The summed E-state index contributed by atoms with van der Waals surface area (Å²) in [6.45, 7) is -0.810. The molecule has 0 aliphatic heterocycles. The van der Waals surface area contributed by atoms with Crippen molar-refractivity contribution in [3.05, 3.63) is 98.2 Å². The Balaban J connectivity index is 1.92. The molecule has 2 unspecified atom stereocenters. The molecule has 0 fully saturated rings. The van der Waals surface area contributed by atoms with Gasteiger partial charge >= 0.3 is 5.97 Å². The Labute approximate surface area is 203 Å². The van der Waals surface area contributed by atoms with Crippen LogP contribution >= 0.6 is 34.8 Å². The number of aliphatic hydroxyl groups is 1. The highest BCUT2D eigenvalue weighted by atomic mass is 35.5. The third-order valence-corrected chi connectivity index (χ3v) is 5.46. The van der Waals surface area contributed by atoms with Crippen molar-refractivity contribution in [2.75, 3.05) is 6.61 Å². The fraction of sp³-hybridized carbons (Fsp3) is 0.130.